The van der Waals surface area contributed by atoms with Crippen LogP contribution in [0, 0.1) is 5.82 Å². The topological polar surface area (TPSA) is 38.3 Å². The van der Waals surface area contributed by atoms with Crippen LogP contribution in [0.25, 0.3) is 10.9 Å². The number of benzene rings is 1. The van der Waals surface area contributed by atoms with Gasteiger partial charge in [0.15, 0.2) is 11.0 Å². The van der Waals surface area contributed by atoms with Crippen LogP contribution in [0.4, 0.5) is 10.2 Å². The maximum absolute atomic E-state index is 14.9. The number of halogens is 3. The fourth-order valence-corrected chi connectivity index (χ4v) is 4.56. The third kappa shape index (κ3) is 2.60. The molecule has 1 atom stereocenters. The molecule has 0 amide bonds. The molecule has 8 heteroatoms. The van der Waals surface area contributed by atoms with Gasteiger partial charge in [-0.05, 0) is 47.0 Å². The van der Waals surface area contributed by atoms with Crippen molar-refractivity contribution in [1.82, 2.24) is 9.97 Å². The van der Waals surface area contributed by atoms with E-state index in [1.807, 2.05) is 6.26 Å². The van der Waals surface area contributed by atoms with Crippen molar-refractivity contribution in [3.63, 3.8) is 0 Å². The van der Waals surface area contributed by atoms with Crippen molar-refractivity contribution in [3.8, 4) is 0 Å². The number of fused-ring (bicyclic) bond motifs is 2. The van der Waals surface area contributed by atoms with Crippen molar-refractivity contribution in [1.29, 1.82) is 0 Å². The molecule has 4 rings (SSSR count). The zero-order valence-corrected chi connectivity index (χ0v) is 16.3. The van der Waals surface area contributed by atoms with Crippen LogP contribution >= 0.6 is 39.3 Å². The van der Waals surface area contributed by atoms with Crippen LogP contribution < -0.4 is 4.90 Å². The van der Waals surface area contributed by atoms with E-state index < -0.39 is 5.82 Å². The Hall–Kier alpha value is -0.630. The Labute approximate surface area is 157 Å². The zero-order valence-electron chi connectivity index (χ0n) is 13.1. The van der Waals surface area contributed by atoms with Gasteiger partial charge in [0.05, 0.1) is 27.5 Å². The van der Waals surface area contributed by atoms with E-state index in [1.54, 1.807) is 0 Å². The molecule has 24 heavy (non-hydrogen) atoms. The van der Waals surface area contributed by atoms with Gasteiger partial charge in [0, 0.05) is 13.2 Å². The molecule has 0 spiro atoms. The van der Waals surface area contributed by atoms with Crippen molar-refractivity contribution >= 4 is 56.0 Å². The van der Waals surface area contributed by atoms with E-state index in [9.17, 15) is 4.39 Å². The highest BCUT2D eigenvalue weighted by Crippen LogP contribution is 2.43. The van der Waals surface area contributed by atoms with Crippen LogP contribution in [0.3, 0.4) is 0 Å². The predicted molar refractivity (Wildman–Crippen MR) is 98.9 cm³/mol. The average molecular weight is 433 g/mol. The molecule has 0 N–H and O–H groups in total. The molecular formula is C16H16BrClFN3OS. The molecule has 128 valence electrons. The Morgan fingerprint density at radius 1 is 1.42 bits per heavy atom. The fourth-order valence-electron chi connectivity index (χ4n) is 3.50. The van der Waals surface area contributed by atoms with Gasteiger partial charge in [0.1, 0.15) is 11.3 Å². The van der Waals surface area contributed by atoms with Crippen molar-refractivity contribution in [2.75, 3.05) is 30.9 Å². The minimum Gasteiger partial charge on any atom is -0.379 e. The van der Waals surface area contributed by atoms with Gasteiger partial charge >= 0.3 is 0 Å². The summed E-state index contributed by atoms with van der Waals surface area (Å²) in [7, 11) is 0. The van der Waals surface area contributed by atoms with Gasteiger partial charge in [0.2, 0.25) is 0 Å². The molecule has 0 saturated carbocycles. The van der Waals surface area contributed by atoms with E-state index in [0.29, 0.717) is 22.3 Å². The van der Waals surface area contributed by atoms with E-state index in [1.165, 1.54) is 11.8 Å². The molecule has 0 bridgehead atoms. The minimum absolute atomic E-state index is 0.227. The second-order valence-electron chi connectivity index (χ2n) is 5.99. The monoisotopic (exact) mass is 431 g/mol. The Balaban J connectivity index is 2.06. The number of aromatic nitrogens is 2. The molecule has 2 aliphatic rings. The average Bonchev–Trinajstić information content (AvgIpc) is 2.91. The van der Waals surface area contributed by atoms with Crippen LogP contribution in [-0.2, 0) is 11.2 Å². The van der Waals surface area contributed by atoms with Crippen LogP contribution in [0.5, 0.6) is 0 Å². The predicted octanol–water partition coefficient (Wildman–Crippen LogP) is 4.45. The van der Waals surface area contributed by atoms with Crippen LogP contribution in [-0.4, -0.2) is 42.0 Å². The maximum Gasteiger partial charge on any atom is 0.189 e. The lowest BCUT2D eigenvalue weighted by Gasteiger charge is -2.29. The smallest absolute Gasteiger partial charge is 0.189 e. The molecule has 2 aromatic rings. The zero-order chi connectivity index (χ0) is 16.8. The third-order valence-electron chi connectivity index (χ3n) is 4.65. The van der Waals surface area contributed by atoms with Crippen molar-refractivity contribution in [2.45, 2.75) is 30.5 Å². The number of ether oxygens (including phenoxy) is 1. The Bertz CT molecular complexity index is 822. The van der Waals surface area contributed by atoms with Crippen LogP contribution in [0.15, 0.2) is 9.63 Å². The van der Waals surface area contributed by atoms with Crippen LogP contribution in [0.2, 0.25) is 5.02 Å². The molecule has 0 radical (unpaired) electrons. The Kier molecular flexibility index (Phi) is 4.62. The van der Waals surface area contributed by atoms with E-state index in [2.05, 4.69) is 25.8 Å². The first kappa shape index (κ1) is 16.8. The summed E-state index contributed by atoms with van der Waals surface area (Å²) in [5, 5.41) is 1.76. The highest BCUT2D eigenvalue weighted by atomic mass is 79.9. The van der Waals surface area contributed by atoms with Crippen LogP contribution in [0.1, 0.15) is 18.4 Å². The highest BCUT2D eigenvalue weighted by Gasteiger charge is 2.32. The number of nitrogens with zero attached hydrogens (tertiary/aromatic N) is 3. The molecule has 1 aromatic heterocycles. The number of thioether (sulfide) groups is 1. The minimum atomic E-state index is -0.415. The molecule has 2 aliphatic heterocycles. The summed E-state index contributed by atoms with van der Waals surface area (Å²) >= 11 is 11.2. The molecule has 1 fully saturated rings. The van der Waals surface area contributed by atoms with Crippen molar-refractivity contribution in [2.24, 2.45) is 0 Å². The summed E-state index contributed by atoms with van der Waals surface area (Å²) in [6.45, 7) is 2.26. The SMILES string of the molecule is CSc1nc2c3c(c(Cl)c(Br)c(F)c3n1)CCC1COCCCN21. The van der Waals surface area contributed by atoms with E-state index in [4.69, 9.17) is 21.3 Å². The standard InChI is InChI=1S/C16H16BrClFN3OS/c1-24-16-20-14-10-9(12(18)11(17)13(14)19)4-3-8-7-23-6-2-5-22(8)15(10)21-16/h8H,2-7H2,1H3. The van der Waals surface area contributed by atoms with E-state index >= 15 is 0 Å². The summed E-state index contributed by atoms with van der Waals surface area (Å²) in [4.78, 5) is 11.4. The molecule has 1 aromatic carbocycles. The normalized spacial score (nSPS) is 20.7. The van der Waals surface area contributed by atoms with Gasteiger partial charge in [-0.3, -0.25) is 0 Å². The number of hydrogen-bond acceptors (Lipinski definition) is 5. The molecule has 4 nitrogen and oxygen atoms in total. The summed E-state index contributed by atoms with van der Waals surface area (Å²) in [6, 6.07) is 0.227. The lowest BCUT2D eigenvalue weighted by Crippen LogP contribution is -2.37. The Morgan fingerprint density at radius 2 is 2.25 bits per heavy atom. The van der Waals surface area contributed by atoms with Gasteiger partial charge in [-0.15, -0.1) is 0 Å². The molecule has 1 unspecified atom stereocenters. The summed E-state index contributed by atoms with van der Waals surface area (Å²) in [6.07, 6.45) is 4.49. The Morgan fingerprint density at radius 3 is 3.04 bits per heavy atom. The second kappa shape index (κ2) is 6.59. The number of hydrogen-bond donors (Lipinski definition) is 0. The molecular weight excluding hydrogens is 417 g/mol. The van der Waals surface area contributed by atoms with E-state index in [0.717, 1.165) is 49.2 Å². The molecule has 1 saturated heterocycles. The van der Waals surface area contributed by atoms with E-state index in [-0.39, 0.29) is 10.5 Å². The van der Waals surface area contributed by atoms with Gasteiger partial charge in [-0.2, -0.15) is 0 Å². The number of anilines is 1. The van der Waals surface area contributed by atoms with Gasteiger partial charge in [-0.1, -0.05) is 23.4 Å². The first-order valence-corrected chi connectivity index (χ1v) is 10.3. The lowest BCUT2D eigenvalue weighted by molar-refractivity contribution is 0.132. The van der Waals surface area contributed by atoms with Crippen molar-refractivity contribution in [3.05, 3.63) is 20.9 Å². The largest absolute Gasteiger partial charge is 0.379 e. The third-order valence-corrected chi connectivity index (χ3v) is 6.59. The first-order chi connectivity index (χ1) is 11.6. The number of aryl methyl sites for hydroxylation is 1. The van der Waals surface area contributed by atoms with Gasteiger partial charge < -0.3 is 9.64 Å². The summed E-state index contributed by atoms with van der Waals surface area (Å²) in [5.41, 5.74) is 1.28. The van der Waals surface area contributed by atoms with Gasteiger partial charge in [-0.25, -0.2) is 14.4 Å². The fraction of sp³-hybridized carbons (Fsp3) is 0.500. The van der Waals surface area contributed by atoms with Gasteiger partial charge in [0.25, 0.3) is 0 Å². The summed E-state index contributed by atoms with van der Waals surface area (Å²) in [5.74, 6) is 0.378. The number of rotatable bonds is 1. The van der Waals surface area contributed by atoms with Crippen molar-refractivity contribution < 1.29 is 9.13 Å². The first-order valence-electron chi connectivity index (χ1n) is 7.87. The highest BCUT2D eigenvalue weighted by molar-refractivity contribution is 9.10. The second-order valence-corrected chi connectivity index (χ2v) is 7.94. The summed E-state index contributed by atoms with van der Waals surface area (Å²) < 4.78 is 20.9. The quantitative estimate of drug-likeness (QED) is 0.378. The maximum atomic E-state index is 14.9. The molecule has 3 heterocycles. The molecule has 0 aliphatic carbocycles. The lowest BCUT2D eigenvalue weighted by atomic mass is 10.0.